The van der Waals surface area contributed by atoms with E-state index in [1.54, 1.807) is 29.1 Å². The molecule has 0 spiro atoms. The maximum Gasteiger partial charge on any atom is 0.272 e. The Kier molecular flexibility index (Phi) is 5.00. The van der Waals surface area contributed by atoms with Crippen LogP contribution >= 0.6 is 0 Å². The second kappa shape index (κ2) is 7.59. The first-order chi connectivity index (χ1) is 13.6. The Hall–Kier alpha value is -2.93. The van der Waals surface area contributed by atoms with Crippen LogP contribution in [0.5, 0.6) is 0 Å². The van der Waals surface area contributed by atoms with Gasteiger partial charge in [0.15, 0.2) is 5.69 Å². The monoisotopic (exact) mass is 382 g/mol. The summed E-state index contributed by atoms with van der Waals surface area (Å²) in [6.07, 6.45) is 4.13. The summed E-state index contributed by atoms with van der Waals surface area (Å²) in [7, 11) is 3.87. The van der Waals surface area contributed by atoms with E-state index < -0.39 is 0 Å². The highest BCUT2D eigenvalue weighted by Crippen LogP contribution is 2.28. The maximum absolute atomic E-state index is 14.3. The van der Waals surface area contributed by atoms with Gasteiger partial charge < -0.3 is 9.73 Å². The summed E-state index contributed by atoms with van der Waals surface area (Å²) < 4.78 is 21.4. The fraction of sp³-hybridized carbons (Fsp3) is 0.333. The van der Waals surface area contributed by atoms with Gasteiger partial charge in [-0.15, -0.1) is 0 Å². The highest BCUT2D eigenvalue weighted by atomic mass is 19.1. The molecule has 146 valence electrons. The average Bonchev–Trinajstić information content (AvgIpc) is 3.40. The van der Waals surface area contributed by atoms with E-state index in [9.17, 15) is 9.18 Å². The van der Waals surface area contributed by atoms with Crippen molar-refractivity contribution < 1.29 is 13.6 Å². The number of amides is 1. The van der Waals surface area contributed by atoms with Gasteiger partial charge in [-0.1, -0.05) is 12.1 Å². The van der Waals surface area contributed by atoms with Crippen LogP contribution < -0.4 is 5.32 Å². The molecular formula is C21H23FN4O2. The zero-order valence-corrected chi connectivity index (χ0v) is 16.0. The minimum absolute atomic E-state index is 0.0827. The predicted octanol–water partition coefficient (Wildman–Crippen LogP) is 3.13. The lowest BCUT2D eigenvalue weighted by atomic mass is 10.1. The number of para-hydroxylation sites is 1. The summed E-state index contributed by atoms with van der Waals surface area (Å²) in [6.45, 7) is 0.390. The first-order valence-electron chi connectivity index (χ1n) is 9.40. The van der Waals surface area contributed by atoms with Gasteiger partial charge in [0.1, 0.15) is 17.3 Å². The lowest BCUT2D eigenvalue weighted by molar-refractivity contribution is 0.0932. The average molecular weight is 382 g/mol. The number of aromatic nitrogens is 2. The zero-order chi connectivity index (χ0) is 19.7. The van der Waals surface area contributed by atoms with E-state index in [0.29, 0.717) is 17.9 Å². The van der Waals surface area contributed by atoms with Crippen molar-refractivity contribution in [2.45, 2.75) is 25.3 Å². The van der Waals surface area contributed by atoms with Gasteiger partial charge >= 0.3 is 0 Å². The molecule has 1 amide bonds. The molecule has 2 heterocycles. The Bertz CT molecular complexity index is 978. The molecule has 6 nitrogen and oxygen atoms in total. The molecule has 1 atom stereocenters. The van der Waals surface area contributed by atoms with E-state index in [1.165, 1.54) is 6.07 Å². The van der Waals surface area contributed by atoms with Crippen LogP contribution in [0.4, 0.5) is 4.39 Å². The standard InChI is InChI=1S/C21H23FN4O2/c1-25(2)18(19-11-6-12-28-19)13-23-21(27)20-14-7-5-10-16(14)26(24-20)17-9-4-3-8-15(17)22/h3-4,6,8-9,11-12,18H,5,7,10,13H2,1-2H3,(H,23,27). The normalized spacial score (nSPS) is 14.3. The smallest absolute Gasteiger partial charge is 0.272 e. The molecule has 7 heteroatoms. The minimum Gasteiger partial charge on any atom is -0.468 e. The van der Waals surface area contributed by atoms with Crippen LogP contribution in [0.2, 0.25) is 0 Å². The van der Waals surface area contributed by atoms with Gasteiger partial charge in [0.25, 0.3) is 5.91 Å². The summed E-state index contributed by atoms with van der Waals surface area (Å²) >= 11 is 0. The van der Waals surface area contributed by atoms with Crippen LogP contribution in [0.25, 0.3) is 5.69 Å². The third kappa shape index (κ3) is 3.33. The summed E-state index contributed by atoms with van der Waals surface area (Å²) in [6, 6.07) is 10.1. The van der Waals surface area contributed by atoms with E-state index in [1.807, 2.05) is 31.1 Å². The SMILES string of the molecule is CN(C)C(CNC(=O)c1nn(-c2ccccc2F)c2c1CCC2)c1ccco1. The number of benzene rings is 1. The van der Waals surface area contributed by atoms with Gasteiger partial charge in [0, 0.05) is 17.8 Å². The molecule has 0 saturated carbocycles. The van der Waals surface area contributed by atoms with Crippen molar-refractivity contribution in [2.75, 3.05) is 20.6 Å². The Labute approximate surface area is 162 Å². The molecule has 3 aromatic rings. The number of hydrogen-bond donors (Lipinski definition) is 1. The molecule has 0 bridgehead atoms. The fourth-order valence-corrected chi connectivity index (χ4v) is 3.73. The molecule has 1 unspecified atom stereocenters. The molecule has 4 rings (SSSR count). The summed E-state index contributed by atoms with van der Waals surface area (Å²) in [5, 5.41) is 7.44. The molecule has 1 aliphatic carbocycles. The molecule has 0 aliphatic heterocycles. The zero-order valence-electron chi connectivity index (χ0n) is 16.0. The number of carbonyl (C=O) groups excluding carboxylic acids is 1. The highest BCUT2D eigenvalue weighted by Gasteiger charge is 2.28. The van der Waals surface area contributed by atoms with Crippen LogP contribution in [0, 0.1) is 5.82 Å². The second-order valence-electron chi connectivity index (χ2n) is 7.20. The number of nitrogens with zero attached hydrogens (tertiary/aromatic N) is 3. The quantitative estimate of drug-likeness (QED) is 0.712. The Morgan fingerprint density at radius 2 is 2.11 bits per heavy atom. The second-order valence-corrected chi connectivity index (χ2v) is 7.20. The lowest BCUT2D eigenvalue weighted by Crippen LogP contribution is -2.35. The van der Waals surface area contributed by atoms with Gasteiger partial charge in [-0.2, -0.15) is 5.10 Å². The minimum atomic E-state index is -0.350. The number of carbonyl (C=O) groups is 1. The third-order valence-electron chi connectivity index (χ3n) is 5.18. The number of halogens is 1. The largest absolute Gasteiger partial charge is 0.468 e. The maximum atomic E-state index is 14.3. The van der Waals surface area contributed by atoms with Crippen molar-refractivity contribution in [1.29, 1.82) is 0 Å². The van der Waals surface area contributed by atoms with E-state index in [2.05, 4.69) is 10.4 Å². The third-order valence-corrected chi connectivity index (χ3v) is 5.18. The molecule has 28 heavy (non-hydrogen) atoms. The number of rotatable bonds is 6. The lowest BCUT2D eigenvalue weighted by Gasteiger charge is -2.22. The van der Waals surface area contributed by atoms with Gasteiger partial charge in [-0.05, 0) is 57.6 Å². The van der Waals surface area contributed by atoms with Crippen LogP contribution in [0.15, 0.2) is 47.1 Å². The first-order valence-corrected chi connectivity index (χ1v) is 9.40. The Morgan fingerprint density at radius 3 is 2.82 bits per heavy atom. The molecule has 2 aromatic heterocycles. The molecule has 1 aliphatic rings. The van der Waals surface area contributed by atoms with Crippen LogP contribution in [-0.2, 0) is 12.8 Å². The molecule has 0 radical (unpaired) electrons. The molecule has 0 fully saturated rings. The van der Waals surface area contributed by atoms with Gasteiger partial charge in [-0.3, -0.25) is 9.69 Å². The number of fused-ring (bicyclic) bond motifs is 1. The van der Waals surface area contributed by atoms with Crippen LogP contribution in [0.3, 0.4) is 0 Å². The molecule has 0 saturated heterocycles. The van der Waals surface area contributed by atoms with Crippen molar-refractivity contribution in [3.05, 3.63) is 71.2 Å². The highest BCUT2D eigenvalue weighted by molar-refractivity contribution is 5.94. The van der Waals surface area contributed by atoms with Crippen molar-refractivity contribution in [1.82, 2.24) is 20.0 Å². The van der Waals surface area contributed by atoms with E-state index in [-0.39, 0.29) is 17.8 Å². The fourth-order valence-electron chi connectivity index (χ4n) is 3.73. The molecule has 1 aromatic carbocycles. The molecule has 1 N–H and O–H groups in total. The topological polar surface area (TPSA) is 63.3 Å². The summed E-state index contributed by atoms with van der Waals surface area (Å²) in [4.78, 5) is 14.9. The van der Waals surface area contributed by atoms with Gasteiger partial charge in [0.05, 0.1) is 12.3 Å². The number of furan rings is 1. The van der Waals surface area contributed by atoms with E-state index in [4.69, 9.17) is 4.42 Å². The van der Waals surface area contributed by atoms with Crippen molar-refractivity contribution in [3.63, 3.8) is 0 Å². The molecular weight excluding hydrogens is 359 g/mol. The van der Waals surface area contributed by atoms with Gasteiger partial charge in [0.2, 0.25) is 0 Å². The van der Waals surface area contributed by atoms with Crippen LogP contribution in [0.1, 0.15) is 40.0 Å². The first kappa shape index (κ1) is 18.4. The van der Waals surface area contributed by atoms with E-state index in [0.717, 1.165) is 36.3 Å². The van der Waals surface area contributed by atoms with Crippen LogP contribution in [-0.4, -0.2) is 41.2 Å². The van der Waals surface area contributed by atoms with Crippen molar-refractivity contribution >= 4 is 5.91 Å². The number of hydrogen-bond acceptors (Lipinski definition) is 4. The Morgan fingerprint density at radius 1 is 1.29 bits per heavy atom. The van der Waals surface area contributed by atoms with E-state index >= 15 is 0 Å². The number of likely N-dealkylation sites (N-methyl/N-ethyl adjacent to an activating group) is 1. The number of nitrogens with one attached hydrogen (secondary N) is 1. The summed E-state index contributed by atoms with van der Waals surface area (Å²) in [5.41, 5.74) is 2.60. The predicted molar refractivity (Wildman–Crippen MR) is 103 cm³/mol. The van der Waals surface area contributed by atoms with Crippen molar-refractivity contribution in [3.8, 4) is 5.69 Å². The van der Waals surface area contributed by atoms with Crippen molar-refractivity contribution in [2.24, 2.45) is 0 Å². The summed E-state index contributed by atoms with van der Waals surface area (Å²) in [5.74, 6) is 0.191. The Balaban J connectivity index is 1.59. The van der Waals surface area contributed by atoms with Gasteiger partial charge in [-0.25, -0.2) is 9.07 Å².